The van der Waals surface area contributed by atoms with Gasteiger partial charge in [-0.05, 0) is 0 Å². The van der Waals surface area contributed by atoms with Crippen molar-refractivity contribution in [2.24, 2.45) is 0 Å². The third-order valence-corrected chi connectivity index (χ3v) is 4.97. The van der Waals surface area contributed by atoms with Gasteiger partial charge in [-0.2, -0.15) is 13.2 Å². The molecule has 0 aliphatic carbocycles. The average molecular weight is 336 g/mol. The molecule has 1 aromatic rings. The van der Waals surface area contributed by atoms with E-state index in [2.05, 4.69) is 4.98 Å². The van der Waals surface area contributed by atoms with Crippen LogP contribution in [0.3, 0.4) is 0 Å². The summed E-state index contributed by atoms with van der Waals surface area (Å²) in [5, 5.41) is 12.2. The fourth-order valence-corrected chi connectivity index (χ4v) is 3.14. The lowest BCUT2D eigenvalue weighted by atomic mass is 9.98. The van der Waals surface area contributed by atoms with E-state index in [0.717, 1.165) is 9.91 Å². The van der Waals surface area contributed by atoms with Crippen molar-refractivity contribution in [2.75, 3.05) is 13.1 Å². The number of nitrogens with zero attached hydrogens (tertiary/aromatic N) is 2. The molecule has 22 heavy (non-hydrogen) atoms. The van der Waals surface area contributed by atoms with Crippen LogP contribution >= 0.6 is 11.3 Å². The van der Waals surface area contributed by atoms with Gasteiger partial charge in [0, 0.05) is 23.8 Å². The molecule has 1 fully saturated rings. The van der Waals surface area contributed by atoms with Crippen molar-refractivity contribution in [3.05, 3.63) is 16.1 Å². The molecule has 1 saturated heterocycles. The smallest absolute Gasteiger partial charge is 0.379 e. The number of halogens is 3. The first-order valence-corrected chi connectivity index (χ1v) is 7.82. The van der Waals surface area contributed by atoms with Crippen molar-refractivity contribution in [3.8, 4) is 0 Å². The molecule has 1 aromatic heterocycles. The van der Waals surface area contributed by atoms with Gasteiger partial charge in [-0.1, -0.05) is 20.8 Å². The fourth-order valence-electron chi connectivity index (χ4n) is 2.24. The molecular weight excluding hydrogens is 317 g/mol. The lowest BCUT2D eigenvalue weighted by Crippen LogP contribution is -2.48. The lowest BCUT2D eigenvalue weighted by molar-refractivity contribution is -0.253. The average Bonchev–Trinajstić information content (AvgIpc) is 2.95. The Hall–Kier alpha value is -1.15. The number of thiazole rings is 1. The third-order valence-electron chi connectivity index (χ3n) is 3.65. The van der Waals surface area contributed by atoms with Gasteiger partial charge >= 0.3 is 6.18 Å². The molecule has 8 heteroatoms. The first-order valence-electron chi connectivity index (χ1n) is 6.94. The van der Waals surface area contributed by atoms with Gasteiger partial charge in [0.15, 0.2) is 5.60 Å². The molecule has 0 unspecified atom stereocenters. The summed E-state index contributed by atoms with van der Waals surface area (Å²) in [5.74, 6) is -0.439. The van der Waals surface area contributed by atoms with Crippen LogP contribution in [0.2, 0.25) is 0 Å². The molecule has 2 rings (SSSR count). The summed E-state index contributed by atoms with van der Waals surface area (Å²) < 4.78 is 38.2. The topological polar surface area (TPSA) is 53.4 Å². The molecule has 1 amide bonds. The number of rotatable bonds is 2. The van der Waals surface area contributed by atoms with Crippen LogP contribution in [0, 0.1) is 0 Å². The maximum Gasteiger partial charge on any atom is 0.419 e. The van der Waals surface area contributed by atoms with Crippen LogP contribution in [0.1, 0.15) is 37.9 Å². The van der Waals surface area contributed by atoms with Gasteiger partial charge in [0.1, 0.15) is 0 Å². The monoisotopic (exact) mass is 336 g/mol. The van der Waals surface area contributed by atoms with Crippen molar-refractivity contribution in [1.82, 2.24) is 9.88 Å². The van der Waals surface area contributed by atoms with Gasteiger partial charge in [0.05, 0.1) is 23.7 Å². The largest absolute Gasteiger partial charge is 0.419 e. The van der Waals surface area contributed by atoms with Gasteiger partial charge in [0.25, 0.3) is 0 Å². The van der Waals surface area contributed by atoms with Crippen LogP contribution in [-0.2, 0) is 16.6 Å². The van der Waals surface area contributed by atoms with Crippen molar-refractivity contribution in [1.29, 1.82) is 0 Å². The maximum atomic E-state index is 12.7. The van der Waals surface area contributed by atoms with Crippen LogP contribution in [0.15, 0.2) is 5.38 Å². The van der Waals surface area contributed by atoms with E-state index >= 15 is 0 Å². The molecule has 4 nitrogen and oxygen atoms in total. The van der Waals surface area contributed by atoms with Crippen LogP contribution in [0.4, 0.5) is 13.2 Å². The van der Waals surface area contributed by atoms with Gasteiger partial charge < -0.3 is 10.0 Å². The van der Waals surface area contributed by atoms with E-state index in [1.807, 2.05) is 20.8 Å². The summed E-state index contributed by atoms with van der Waals surface area (Å²) in [6.07, 6.45) is -5.24. The summed E-state index contributed by atoms with van der Waals surface area (Å²) in [6.45, 7) is 5.21. The van der Waals surface area contributed by atoms with Crippen LogP contribution < -0.4 is 0 Å². The summed E-state index contributed by atoms with van der Waals surface area (Å²) in [5.41, 5.74) is -2.36. The Labute approximate surface area is 131 Å². The van der Waals surface area contributed by atoms with E-state index in [1.165, 1.54) is 11.3 Å². The Bertz CT molecular complexity index is 565. The first-order chi connectivity index (χ1) is 9.92. The number of aromatic nitrogens is 1. The molecule has 1 N–H and O–H groups in total. The third kappa shape index (κ3) is 3.43. The summed E-state index contributed by atoms with van der Waals surface area (Å²) in [4.78, 5) is 17.5. The van der Waals surface area contributed by atoms with Crippen molar-refractivity contribution in [3.63, 3.8) is 0 Å². The summed E-state index contributed by atoms with van der Waals surface area (Å²) in [7, 11) is 0. The van der Waals surface area contributed by atoms with Crippen LogP contribution in [0.25, 0.3) is 0 Å². The molecule has 124 valence electrons. The number of hydrogen-bond donors (Lipinski definition) is 1. The Morgan fingerprint density at radius 2 is 2.09 bits per heavy atom. The minimum Gasteiger partial charge on any atom is -0.379 e. The number of amides is 1. The van der Waals surface area contributed by atoms with Gasteiger partial charge in [0.2, 0.25) is 5.91 Å². The van der Waals surface area contributed by atoms with Gasteiger partial charge in [-0.25, -0.2) is 4.98 Å². The number of β-amino-alcohol motifs (C(OH)–C–C–N with tert-alkyl or cyclic N) is 1. The van der Waals surface area contributed by atoms with Gasteiger partial charge in [-0.3, -0.25) is 4.79 Å². The van der Waals surface area contributed by atoms with Crippen LogP contribution in [-0.4, -0.2) is 45.8 Å². The number of aliphatic hydroxyl groups is 1. The van der Waals surface area contributed by atoms with E-state index in [-0.39, 0.29) is 18.4 Å². The number of likely N-dealkylation sites (tertiary alicyclic amines) is 1. The zero-order valence-corrected chi connectivity index (χ0v) is 13.5. The Kier molecular flexibility index (Phi) is 4.29. The highest BCUT2D eigenvalue weighted by atomic mass is 32.1. The molecule has 1 atom stereocenters. The van der Waals surface area contributed by atoms with E-state index < -0.39 is 30.7 Å². The highest BCUT2D eigenvalue weighted by Crippen LogP contribution is 2.37. The Balaban J connectivity index is 2.01. The summed E-state index contributed by atoms with van der Waals surface area (Å²) in [6, 6.07) is 0. The lowest BCUT2D eigenvalue weighted by Gasteiger charge is -2.25. The van der Waals surface area contributed by atoms with E-state index in [4.69, 9.17) is 0 Å². The standard InChI is InChI=1S/C14H19F3N2O2S/c1-12(2,3)11-18-9(7-22-11)6-10(20)19-5-4-13(21,8-19)14(15,16)17/h7,21H,4-6,8H2,1-3H3/t13-/m0/s1. The minimum absolute atomic E-state index is 0.0412. The highest BCUT2D eigenvalue weighted by Gasteiger charge is 2.57. The van der Waals surface area contributed by atoms with E-state index in [9.17, 15) is 23.1 Å². The quantitative estimate of drug-likeness (QED) is 0.903. The molecule has 0 radical (unpaired) electrons. The normalized spacial score (nSPS) is 23.1. The van der Waals surface area contributed by atoms with Crippen molar-refractivity contribution < 1.29 is 23.1 Å². The predicted molar refractivity (Wildman–Crippen MR) is 76.7 cm³/mol. The molecule has 0 bridgehead atoms. The zero-order chi connectivity index (χ0) is 16.8. The molecule has 2 heterocycles. The SMILES string of the molecule is CC(C)(C)c1nc(CC(=O)N2CC[C@@](O)(C(F)(F)F)C2)cs1. The van der Waals surface area contributed by atoms with Crippen LogP contribution in [0.5, 0.6) is 0 Å². The molecule has 1 aliphatic heterocycles. The number of carbonyl (C=O) groups is 1. The minimum atomic E-state index is -4.72. The fraction of sp³-hybridized carbons (Fsp3) is 0.714. The first kappa shape index (κ1) is 17.2. The predicted octanol–water partition coefficient (Wildman–Crippen LogP) is 2.51. The van der Waals surface area contributed by atoms with Crippen molar-refractivity contribution in [2.45, 2.75) is 50.8 Å². The second kappa shape index (κ2) is 5.49. The second-order valence-corrected chi connectivity index (χ2v) is 7.52. The molecule has 0 aromatic carbocycles. The second-order valence-electron chi connectivity index (χ2n) is 6.67. The molecule has 1 aliphatic rings. The number of alkyl halides is 3. The molecule has 0 spiro atoms. The van der Waals surface area contributed by atoms with Gasteiger partial charge in [-0.15, -0.1) is 11.3 Å². The summed E-state index contributed by atoms with van der Waals surface area (Å²) >= 11 is 1.43. The number of carbonyl (C=O) groups excluding carboxylic acids is 1. The zero-order valence-electron chi connectivity index (χ0n) is 12.7. The number of hydrogen-bond acceptors (Lipinski definition) is 4. The van der Waals surface area contributed by atoms with Crippen molar-refractivity contribution >= 4 is 17.2 Å². The Morgan fingerprint density at radius 1 is 1.45 bits per heavy atom. The van der Waals surface area contributed by atoms with E-state index in [1.54, 1.807) is 5.38 Å². The Morgan fingerprint density at radius 3 is 2.55 bits per heavy atom. The maximum absolute atomic E-state index is 12.7. The highest BCUT2D eigenvalue weighted by molar-refractivity contribution is 7.09. The van der Waals surface area contributed by atoms with E-state index in [0.29, 0.717) is 5.69 Å². The molecular formula is C14H19F3N2O2S. The molecule has 0 saturated carbocycles.